The van der Waals surface area contributed by atoms with E-state index in [4.69, 9.17) is 24.1 Å². The number of esters is 1. The zero-order valence-electron chi connectivity index (χ0n) is 26.6. The molecule has 256 valence electrons. The summed E-state index contributed by atoms with van der Waals surface area (Å²) >= 11 is 0. The molecule has 45 heavy (non-hydrogen) atoms. The van der Waals surface area contributed by atoms with Gasteiger partial charge in [-0.1, -0.05) is 95.2 Å². The van der Waals surface area contributed by atoms with Crippen molar-refractivity contribution in [1.29, 1.82) is 0 Å². The Labute approximate surface area is 265 Å². The van der Waals surface area contributed by atoms with Gasteiger partial charge in [0.2, 0.25) is 5.91 Å². The number of aliphatic hydroxyl groups is 1. The van der Waals surface area contributed by atoms with Crippen LogP contribution in [0.15, 0.2) is 16.8 Å². The van der Waals surface area contributed by atoms with Crippen LogP contribution < -0.4 is 5.32 Å². The van der Waals surface area contributed by atoms with Crippen molar-refractivity contribution in [2.24, 2.45) is 11.0 Å². The van der Waals surface area contributed by atoms with Gasteiger partial charge < -0.3 is 19.5 Å². The molecule has 1 fully saturated rings. The molecule has 0 aliphatic carbocycles. The number of unbranched alkanes of at least 4 members (excludes halogenated alkanes) is 12. The molecule has 2 aliphatic rings. The number of nitrogens with one attached hydrogen (secondary N) is 1. The van der Waals surface area contributed by atoms with Crippen molar-refractivity contribution in [3.8, 4) is 0 Å². The van der Waals surface area contributed by atoms with Crippen LogP contribution in [0.5, 0.6) is 0 Å². The van der Waals surface area contributed by atoms with Gasteiger partial charge >= 0.3 is 13.8 Å². The predicted octanol–water partition coefficient (Wildman–Crippen LogP) is 5.56. The van der Waals surface area contributed by atoms with E-state index in [1.54, 1.807) is 6.92 Å². The second-order valence-electron chi connectivity index (χ2n) is 11.8. The summed E-state index contributed by atoms with van der Waals surface area (Å²) in [5.74, 6) is -2.35. The fourth-order valence-corrected chi connectivity index (χ4v) is 6.07. The quantitative estimate of drug-likeness (QED) is 0.0224. The van der Waals surface area contributed by atoms with Crippen LogP contribution in [0.4, 0.5) is 0 Å². The first kappa shape index (κ1) is 38.9. The molecule has 0 bridgehead atoms. The topological polar surface area (TPSA) is 206 Å². The molecule has 0 aromatic carbocycles. The number of amides is 2. The van der Waals surface area contributed by atoms with Gasteiger partial charge in [-0.15, -0.1) is 0 Å². The Balaban J connectivity index is 1.58. The van der Waals surface area contributed by atoms with Crippen LogP contribution >= 0.6 is 7.82 Å². The second-order valence-corrected chi connectivity index (χ2v) is 13.3. The van der Waals surface area contributed by atoms with Gasteiger partial charge in [0.15, 0.2) is 0 Å². The van der Waals surface area contributed by atoms with Gasteiger partial charge in [-0.05, 0) is 25.3 Å². The molecule has 2 rings (SSSR count). The number of imide groups is 1. The molecule has 15 heteroatoms. The second kappa shape index (κ2) is 21.5. The van der Waals surface area contributed by atoms with Gasteiger partial charge in [0, 0.05) is 16.9 Å². The number of rotatable bonds is 24. The van der Waals surface area contributed by atoms with E-state index in [0.29, 0.717) is 12.0 Å². The summed E-state index contributed by atoms with van der Waals surface area (Å²) in [4.78, 5) is 48.7. The van der Waals surface area contributed by atoms with Crippen LogP contribution in [0.25, 0.3) is 10.4 Å². The maximum absolute atomic E-state index is 12.4. The third kappa shape index (κ3) is 15.7. The monoisotopic (exact) mass is 658 g/mol. The number of hydrogen-bond acceptors (Lipinski definition) is 10. The molecule has 3 N–H and O–H groups in total. The molecule has 2 unspecified atom stereocenters. The summed E-state index contributed by atoms with van der Waals surface area (Å²) in [6.45, 7) is 2.24. The van der Waals surface area contributed by atoms with Crippen LogP contribution in [-0.2, 0) is 37.5 Å². The standard InChI is InChI=1S/C30H51N4O10P/c1-3-4-5-6-7-8-9-10-11-12-13-14-15-16-28(36)41-19-23(35)20-42-45(39,40)43-21-27-25(33-34-31)18-26(44-27)24-17-22(2)29(37)32-30(24)38/h17,23-27,35H,3-16,18-21H2,1-2H3,(H,39,40)(H,32,37,38)/t23-,24?,25+,26-,27-/m1/s1. The van der Waals surface area contributed by atoms with Gasteiger partial charge in [-0.25, -0.2) is 4.57 Å². The Kier molecular flexibility index (Phi) is 18.6. The van der Waals surface area contributed by atoms with Crippen molar-refractivity contribution in [3.63, 3.8) is 0 Å². The van der Waals surface area contributed by atoms with Crippen LogP contribution in [0.1, 0.15) is 110 Å². The predicted molar refractivity (Wildman–Crippen MR) is 166 cm³/mol. The minimum Gasteiger partial charge on any atom is -0.463 e. The normalized spacial score (nSPS) is 23.5. The molecule has 0 aromatic heterocycles. The number of nitrogens with zero attached hydrogens (tertiary/aromatic N) is 3. The lowest BCUT2D eigenvalue weighted by atomic mass is 9.92. The smallest absolute Gasteiger partial charge is 0.463 e. The molecule has 1 saturated heterocycles. The largest absolute Gasteiger partial charge is 0.472 e. The molecule has 2 heterocycles. The fourth-order valence-electron chi connectivity index (χ4n) is 5.30. The maximum Gasteiger partial charge on any atom is 0.472 e. The molecule has 6 atom stereocenters. The van der Waals surface area contributed by atoms with Crippen LogP contribution in [0.2, 0.25) is 0 Å². The molecular weight excluding hydrogens is 607 g/mol. The highest BCUT2D eigenvalue weighted by Gasteiger charge is 2.43. The third-order valence-corrected chi connectivity index (χ3v) is 8.88. The third-order valence-electron chi connectivity index (χ3n) is 7.93. The van der Waals surface area contributed by atoms with Crippen LogP contribution in [0.3, 0.4) is 0 Å². The first-order valence-corrected chi connectivity index (χ1v) is 17.7. The number of hydrogen-bond donors (Lipinski definition) is 3. The van der Waals surface area contributed by atoms with Crippen LogP contribution in [0, 0.1) is 5.92 Å². The van der Waals surface area contributed by atoms with Gasteiger partial charge in [0.25, 0.3) is 5.91 Å². The highest BCUT2D eigenvalue weighted by molar-refractivity contribution is 7.47. The minimum absolute atomic E-state index is 0.119. The van der Waals surface area contributed by atoms with Gasteiger partial charge in [-0.3, -0.25) is 28.7 Å². The number of carbonyl (C=O) groups is 3. The summed E-state index contributed by atoms with van der Waals surface area (Å²) in [5.41, 5.74) is 9.24. The number of carbonyl (C=O) groups excluding carboxylic acids is 3. The number of phosphoric acid groups is 1. The zero-order chi connectivity index (χ0) is 33.1. The van der Waals surface area contributed by atoms with Gasteiger partial charge in [0.05, 0.1) is 37.4 Å². The highest BCUT2D eigenvalue weighted by Crippen LogP contribution is 2.44. The minimum atomic E-state index is -4.67. The van der Waals surface area contributed by atoms with Crippen molar-refractivity contribution >= 4 is 25.6 Å². The van der Waals surface area contributed by atoms with Gasteiger partial charge in [0.1, 0.15) is 12.7 Å². The first-order chi connectivity index (χ1) is 21.6. The Morgan fingerprint density at radius 3 is 2.27 bits per heavy atom. The fraction of sp³-hybridized carbons (Fsp3) is 0.833. The molecule has 2 aliphatic heterocycles. The lowest BCUT2D eigenvalue weighted by Crippen LogP contribution is -2.44. The zero-order valence-corrected chi connectivity index (χ0v) is 27.5. The first-order valence-electron chi connectivity index (χ1n) is 16.2. The molecule has 0 radical (unpaired) electrons. The van der Waals surface area contributed by atoms with E-state index in [-0.39, 0.29) is 12.8 Å². The van der Waals surface area contributed by atoms with Crippen molar-refractivity contribution in [1.82, 2.24) is 5.32 Å². The SMILES string of the molecule is CCCCCCCCCCCCCCCC(=O)OC[C@@H](O)COP(=O)(O)OC[C@H]1O[C@@H](C2C=C(C)C(=O)NC2=O)C[C@@H]1N=[N+]=[N-]. The number of ether oxygens (including phenoxy) is 2. The van der Waals surface area contributed by atoms with E-state index < -0.39 is 75.7 Å². The van der Waals surface area contributed by atoms with Crippen molar-refractivity contribution in [2.45, 2.75) is 135 Å². The van der Waals surface area contributed by atoms with Gasteiger partial charge in [-0.2, -0.15) is 0 Å². The number of azide groups is 1. The van der Waals surface area contributed by atoms with E-state index in [2.05, 4.69) is 22.3 Å². The van der Waals surface area contributed by atoms with E-state index in [1.807, 2.05) is 0 Å². The summed E-state index contributed by atoms with van der Waals surface area (Å²) in [5, 5.41) is 15.9. The lowest BCUT2D eigenvalue weighted by molar-refractivity contribution is -0.147. The number of phosphoric ester groups is 1. The Morgan fingerprint density at radius 2 is 1.67 bits per heavy atom. The van der Waals surface area contributed by atoms with E-state index in [0.717, 1.165) is 19.3 Å². The number of aliphatic hydroxyl groups excluding tert-OH is 1. The molecule has 14 nitrogen and oxygen atoms in total. The summed E-state index contributed by atoms with van der Waals surface area (Å²) in [6, 6.07) is -0.806. The highest BCUT2D eigenvalue weighted by atomic mass is 31.2. The lowest BCUT2D eigenvalue weighted by Gasteiger charge is -2.24. The van der Waals surface area contributed by atoms with Crippen molar-refractivity contribution in [2.75, 3.05) is 19.8 Å². The molecule has 0 saturated carbocycles. The van der Waals surface area contributed by atoms with Crippen LogP contribution in [-0.4, -0.2) is 72.0 Å². The van der Waals surface area contributed by atoms with E-state index >= 15 is 0 Å². The molecular formula is C30H51N4O10P. The van der Waals surface area contributed by atoms with E-state index in [1.165, 1.54) is 63.9 Å². The Morgan fingerprint density at radius 1 is 1.07 bits per heavy atom. The van der Waals surface area contributed by atoms with E-state index in [9.17, 15) is 28.9 Å². The average Bonchev–Trinajstić information content (AvgIpc) is 3.40. The molecule has 0 aromatic rings. The Hall–Kier alpha value is -2.31. The summed E-state index contributed by atoms with van der Waals surface area (Å²) < 4.78 is 33.0. The van der Waals surface area contributed by atoms with Crippen molar-refractivity contribution in [3.05, 3.63) is 22.1 Å². The summed E-state index contributed by atoms with van der Waals surface area (Å²) in [6.07, 6.45) is 14.3. The maximum atomic E-state index is 12.4. The molecule has 0 spiro atoms. The Bertz CT molecular complexity index is 1070. The van der Waals surface area contributed by atoms with Crippen molar-refractivity contribution < 1.29 is 47.5 Å². The molecule has 2 amide bonds. The average molecular weight is 659 g/mol. The summed E-state index contributed by atoms with van der Waals surface area (Å²) in [7, 11) is -4.67.